The lowest BCUT2D eigenvalue weighted by molar-refractivity contribution is 0.0437. The lowest BCUT2D eigenvalue weighted by Gasteiger charge is -2.31. The van der Waals surface area contributed by atoms with Gasteiger partial charge in [0.05, 0.1) is 25.1 Å². The highest BCUT2D eigenvalue weighted by molar-refractivity contribution is 7.42. The van der Waals surface area contributed by atoms with Crippen LogP contribution in [0.25, 0.3) is 0 Å². The minimum Gasteiger partial charge on any atom is -0.311 e. The molecule has 0 aromatic heterocycles. The summed E-state index contributed by atoms with van der Waals surface area (Å²) in [4.78, 5) is 0. The molecule has 0 unspecified atom stereocenters. The van der Waals surface area contributed by atoms with Crippen LogP contribution in [0.1, 0.15) is 13.8 Å². The van der Waals surface area contributed by atoms with Gasteiger partial charge in [0.2, 0.25) is 0 Å². The highest BCUT2D eigenvalue weighted by Crippen LogP contribution is 2.47. The summed E-state index contributed by atoms with van der Waals surface area (Å²) in [5.74, 6) is 0. The van der Waals surface area contributed by atoms with Crippen LogP contribution in [0, 0.1) is 5.41 Å². The molecule has 1 heterocycles. The van der Waals surface area contributed by atoms with E-state index in [9.17, 15) is 0 Å². The largest absolute Gasteiger partial charge is 0.350 e. The lowest BCUT2D eigenvalue weighted by atomic mass is 9.97. The molecule has 0 aromatic carbocycles. The van der Waals surface area contributed by atoms with Crippen LogP contribution >= 0.6 is 20.5 Å². The second-order valence-electron chi connectivity index (χ2n) is 3.00. The molecule has 0 radical (unpaired) electrons. The van der Waals surface area contributed by atoms with Crippen LogP contribution in [0.15, 0.2) is 0 Å². The van der Waals surface area contributed by atoms with Crippen molar-refractivity contribution >= 4 is 20.5 Å². The highest BCUT2D eigenvalue weighted by Gasteiger charge is 2.29. The number of halogens is 1. The maximum Gasteiger partial charge on any atom is 0.350 e. The summed E-state index contributed by atoms with van der Waals surface area (Å²) in [6.45, 7) is 5.42. The third kappa shape index (κ3) is 2.33. The molecule has 0 N–H and O–H groups in total. The Balaban J connectivity index is 2.31. The standard InChI is InChI=1S/C5H10ClO3P/c1-5(2)3-7-10(9-6)8-4-5/h3-4H2,1-2H3. The first kappa shape index (κ1) is 8.69. The molecule has 3 nitrogen and oxygen atoms in total. The van der Waals surface area contributed by atoms with E-state index in [1.165, 1.54) is 0 Å². The molecule has 1 fully saturated rings. The Morgan fingerprint density at radius 2 is 1.90 bits per heavy atom. The Hall–Kier alpha value is 0.600. The average Bonchev–Trinajstić information content (AvgIpc) is 1.88. The monoisotopic (exact) mass is 184 g/mol. The van der Waals surface area contributed by atoms with E-state index < -0.39 is 8.60 Å². The maximum atomic E-state index is 5.13. The smallest absolute Gasteiger partial charge is 0.311 e. The van der Waals surface area contributed by atoms with E-state index in [1.807, 2.05) is 0 Å². The lowest BCUT2D eigenvalue weighted by Crippen LogP contribution is -2.28. The molecule has 10 heavy (non-hydrogen) atoms. The molecule has 0 aliphatic carbocycles. The van der Waals surface area contributed by atoms with Gasteiger partial charge in [-0.3, -0.25) is 0 Å². The molecule has 1 aliphatic rings. The fourth-order valence-corrected chi connectivity index (χ4v) is 1.88. The Kier molecular flexibility index (Phi) is 2.90. The zero-order valence-electron chi connectivity index (χ0n) is 5.96. The maximum absolute atomic E-state index is 5.13. The molecule has 0 amide bonds. The average molecular weight is 185 g/mol. The van der Waals surface area contributed by atoms with Crippen molar-refractivity contribution in [2.45, 2.75) is 13.8 Å². The van der Waals surface area contributed by atoms with Gasteiger partial charge in [0.15, 0.2) is 0 Å². The van der Waals surface area contributed by atoms with Gasteiger partial charge in [-0.15, -0.1) is 0 Å². The first-order valence-corrected chi connectivity index (χ1v) is 4.39. The van der Waals surface area contributed by atoms with E-state index in [0.717, 1.165) is 0 Å². The second kappa shape index (κ2) is 3.33. The third-order valence-electron chi connectivity index (χ3n) is 1.18. The van der Waals surface area contributed by atoms with Crippen LogP contribution in [0.3, 0.4) is 0 Å². The van der Waals surface area contributed by atoms with Crippen molar-refractivity contribution in [2.24, 2.45) is 5.41 Å². The Bertz CT molecular complexity index is 109. The highest BCUT2D eigenvalue weighted by atomic mass is 35.5. The van der Waals surface area contributed by atoms with E-state index in [4.69, 9.17) is 20.9 Å². The zero-order chi connectivity index (χ0) is 7.61. The molecule has 1 aliphatic heterocycles. The van der Waals surface area contributed by atoms with Gasteiger partial charge in [-0.25, -0.2) is 0 Å². The number of hydrogen-bond donors (Lipinski definition) is 0. The second-order valence-corrected chi connectivity index (χ2v) is 4.52. The van der Waals surface area contributed by atoms with E-state index in [0.29, 0.717) is 13.2 Å². The summed E-state index contributed by atoms with van der Waals surface area (Å²) in [6.07, 6.45) is 0. The summed E-state index contributed by atoms with van der Waals surface area (Å²) in [7, 11) is -1.26. The van der Waals surface area contributed by atoms with E-state index in [-0.39, 0.29) is 5.41 Å². The first-order valence-electron chi connectivity index (χ1n) is 2.99. The van der Waals surface area contributed by atoms with Crippen LogP contribution in [-0.4, -0.2) is 13.2 Å². The van der Waals surface area contributed by atoms with Gasteiger partial charge in [-0.2, -0.15) is 4.08 Å². The molecular formula is C5H10ClO3P. The van der Waals surface area contributed by atoms with Crippen LogP contribution in [0.5, 0.6) is 0 Å². The molecule has 0 saturated carbocycles. The summed E-state index contributed by atoms with van der Waals surface area (Å²) in [5, 5.41) is 0. The fourth-order valence-electron chi connectivity index (χ4n) is 0.574. The molecule has 1 rings (SSSR count). The van der Waals surface area contributed by atoms with Gasteiger partial charge in [-0.1, -0.05) is 13.8 Å². The normalized spacial score (nSPS) is 26.7. The third-order valence-corrected chi connectivity index (χ3v) is 2.31. The van der Waals surface area contributed by atoms with E-state index in [2.05, 4.69) is 17.9 Å². The van der Waals surface area contributed by atoms with Crippen molar-refractivity contribution in [3.05, 3.63) is 0 Å². The molecule has 1 saturated heterocycles. The Labute approximate surface area is 66.8 Å². The number of hydrogen-bond acceptors (Lipinski definition) is 3. The van der Waals surface area contributed by atoms with Gasteiger partial charge in [0.1, 0.15) is 0 Å². The van der Waals surface area contributed by atoms with Crippen LogP contribution < -0.4 is 0 Å². The molecular weight excluding hydrogens is 174 g/mol. The topological polar surface area (TPSA) is 27.7 Å². The van der Waals surface area contributed by atoms with Crippen molar-refractivity contribution in [3.63, 3.8) is 0 Å². The molecule has 60 valence electrons. The van der Waals surface area contributed by atoms with Crippen molar-refractivity contribution in [1.82, 2.24) is 0 Å². The van der Waals surface area contributed by atoms with Crippen LogP contribution in [0.4, 0.5) is 0 Å². The predicted molar refractivity (Wildman–Crippen MR) is 39.5 cm³/mol. The van der Waals surface area contributed by atoms with Crippen LogP contribution in [0.2, 0.25) is 0 Å². The minimum absolute atomic E-state index is 0.0915. The van der Waals surface area contributed by atoms with Crippen molar-refractivity contribution in [1.29, 1.82) is 0 Å². The van der Waals surface area contributed by atoms with E-state index >= 15 is 0 Å². The van der Waals surface area contributed by atoms with Gasteiger partial charge < -0.3 is 9.05 Å². The van der Waals surface area contributed by atoms with Crippen LogP contribution in [-0.2, 0) is 13.1 Å². The summed E-state index contributed by atoms with van der Waals surface area (Å²) < 4.78 is 14.6. The molecule has 0 spiro atoms. The van der Waals surface area contributed by atoms with Gasteiger partial charge in [-0.05, 0) is 0 Å². The Morgan fingerprint density at radius 1 is 1.40 bits per heavy atom. The van der Waals surface area contributed by atoms with Crippen molar-refractivity contribution in [2.75, 3.05) is 13.2 Å². The SMILES string of the molecule is CC1(C)COP(OCl)OC1. The van der Waals surface area contributed by atoms with Crippen molar-refractivity contribution in [3.8, 4) is 0 Å². The van der Waals surface area contributed by atoms with Crippen molar-refractivity contribution < 1.29 is 13.1 Å². The molecule has 0 bridgehead atoms. The molecule has 0 atom stereocenters. The summed E-state index contributed by atoms with van der Waals surface area (Å²) in [5.41, 5.74) is 0.0915. The molecule has 5 heteroatoms. The summed E-state index contributed by atoms with van der Waals surface area (Å²) in [6, 6.07) is 0. The predicted octanol–water partition coefficient (Wildman–Crippen LogP) is 2.46. The first-order chi connectivity index (χ1) is 4.64. The van der Waals surface area contributed by atoms with E-state index in [1.54, 1.807) is 0 Å². The minimum atomic E-state index is -1.26. The fraction of sp³-hybridized carbons (Fsp3) is 1.00. The Morgan fingerprint density at radius 3 is 2.30 bits per heavy atom. The summed E-state index contributed by atoms with van der Waals surface area (Å²) >= 11 is 5.05. The molecule has 0 aromatic rings. The van der Waals surface area contributed by atoms with Gasteiger partial charge >= 0.3 is 8.60 Å². The zero-order valence-corrected chi connectivity index (χ0v) is 7.61. The van der Waals surface area contributed by atoms with Gasteiger partial charge in [0, 0.05) is 5.41 Å². The van der Waals surface area contributed by atoms with Gasteiger partial charge in [0.25, 0.3) is 0 Å². The quantitative estimate of drug-likeness (QED) is 0.586. The number of rotatable bonds is 1.